The molecule has 0 atom stereocenters. The highest BCUT2D eigenvalue weighted by atomic mass is 127. The molecule has 0 aliphatic carbocycles. The maximum Gasteiger partial charge on any atom is 0.191 e. The summed E-state index contributed by atoms with van der Waals surface area (Å²) in [5.74, 6) is 3.03. The minimum atomic E-state index is 0. The molecule has 1 saturated heterocycles. The van der Waals surface area contributed by atoms with E-state index in [1.807, 2.05) is 11.8 Å². The second-order valence-corrected chi connectivity index (χ2v) is 7.33. The maximum atomic E-state index is 6.12. The lowest BCUT2D eigenvalue weighted by Crippen LogP contribution is -2.43. The second-order valence-electron chi connectivity index (χ2n) is 6.10. The van der Waals surface area contributed by atoms with E-state index in [-0.39, 0.29) is 29.4 Å². The van der Waals surface area contributed by atoms with Crippen molar-refractivity contribution < 1.29 is 0 Å². The Bertz CT molecular complexity index is 442. The second kappa shape index (κ2) is 8.88. The van der Waals surface area contributed by atoms with Gasteiger partial charge in [0.1, 0.15) is 0 Å². The van der Waals surface area contributed by atoms with Gasteiger partial charge in [-0.15, -0.1) is 24.0 Å². The summed E-state index contributed by atoms with van der Waals surface area (Å²) in [6.07, 6.45) is 1.03. The number of rotatable bonds is 4. The quantitative estimate of drug-likeness (QED) is 0.463. The highest BCUT2D eigenvalue weighted by molar-refractivity contribution is 14.0. The first kappa shape index (κ1) is 18.6. The molecule has 1 aliphatic rings. The van der Waals surface area contributed by atoms with Gasteiger partial charge in [0.2, 0.25) is 0 Å². The molecule has 5 heteroatoms. The van der Waals surface area contributed by atoms with Crippen LogP contribution in [0.4, 0.5) is 0 Å². The van der Waals surface area contributed by atoms with Crippen molar-refractivity contribution in [3.63, 3.8) is 0 Å². The number of thioether (sulfide) groups is 1. The number of hydrogen-bond donors (Lipinski definition) is 1. The predicted molar refractivity (Wildman–Crippen MR) is 105 cm³/mol. The van der Waals surface area contributed by atoms with E-state index >= 15 is 0 Å². The topological polar surface area (TPSA) is 41.6 Å². The first-order chi connectivity index (χ1) is 9.57. The molecule has 1 aliphatic heterocycles. The Kier molecular flexibility index (Phi) is 7.87. The van der Waals surface area contributed by atoms with E-state index in [2.05, 4.69) is 54.1 Å². The summed E-state index contributed by atoms with van der Waals surface area (Å²) in [5, 5.41) is 0. The molecule has 0 bridgehead atoms. The van der Waals surface area contributed by atoms with Crippen LogP contribution in [0.3, 0.4) is 0 Å². The van der Waals surface area contributed by atoms with Crippen LogP contribution in [0.2, 0.25) is 0 Å². The summed E-state index contributed by atoms with van der Waals surface area (Å²) in [6, 6.07) is 10.6. The average Bonchev–Trinajstić information content (AvgIpc) is 2.46. The Morgan fingerprint density at radius 3 is 2.48 bits per heavy atom. The fraction of sp³-hybridized carbons (Fsp3) is 0.562. The summed E-state index contributed by atoms with van der Waals surface area (Å²) in [7, 11) is 0. The van der Waals surface area contributed by atoms with Crippen molar-refractivity contribution in [2.45, 2.75) is 20.3 Å². The Hall–Kier alpha value is -0.430. The Morgan fingerprint density at radius 1 is 1.24 bits per heavy atom. The normalized spacial score (nSPS) is 16.5. The summed E-state index contributed by atoms with van der Waals surface area (Å²) < 4.78 is 0. The fourth-order valence-corrected chi connectivity index (χ4v) is 3.29. The molecule has 1 heterocycles. The molecule has 0 spiro atoms. The zero-order chi connectivity index (χ0) is 14.4. The van der Waals surface area contributed by atoms with Gasteiger partial charge in [0.25, 0.3) is 0 Å². The van der Waals surface area contributed by atoms with E-state index in [1.54, 1.807) is 0 Å². The van der Waals surface area contributed by atoms with Crippen LogP contribution in [-0.4, -0.2) is 42.0 Å². The van der Waals surface area contributed by atoms with Crippen molar-refractivity contribution >= 4 is 41.7 Å². The lowest BCUT2D eigenvalue weighted by atomic mass is 9.86. The van der Waals surface area contributed by atoms with Crippen molar-refractivity contribution in [1.29, 1.82) is 0 Å². The summed E-state index contributed by atoms with van der Waals surface area (Å²) in [6.45, 7) is 7.33. The van der Waals surface area contributed by atoms with Gasteiger partial charge in [0.15, 0.2) is 5.96 Å². The molecule has 1 fully saturated rings. The van der Waals surface area contributed by atoms with E-state index in [1.165, 1.54) is 5.56 Å². The van der Waals surface area contributed by atoms with E-state index in [9.17, 15) is 0 Å². The summed E-state index contributed by atoms with van der Waals surface area (Å²) in [4.78, 5) is 6.83. The summed E-state index contributed by atoms with van der Waals surface area (Å²) in [5.41, 5.74) is 7.61. The maximum absolute atomic E-state index is 6.12. The van der Waals surface area contributed by atoms with Crippen LogP contribution < -0.4 is 5.73 Å². The number of guanidine groups is 1. The molecular weight excluding hydrogens is 393 g/mol. The van der Waals surface area contributed by atoms with Gasteiger partial charge in [-0.25, -0.2) is 0 Å². The van der Waals surface area contributed by atoms with E-state index in [0.717, 1.165) is 37.6 Å². The number of aliphatic imine (C=N–C) groups is 1. The SMILES string of the molecule is CC(C)(CN=C(N)N1CCSCC1)Cc1ccccc1.I. The van der Waals surface area contributed by atoms with Crippen molar-refractivity contribution in [3.8, 4) is 0 Å². The van der Waals surface area contributed by atoms with Crippen molar-refractivity contribution in [2.24, 2.45) is 16.1 Å². The fourth-order valence-electron chi connectivity index (χ4n) is 2.39. The average molecular weight is 419 g/mol. The molecule has 2 rings (SSSR count). The van der Waals surface area contributed by atoms with Gasteiger partial charge in [0, 0.05) is 31.1 Å². The first-order valence-electron chi connectivity index (χ1n) is 7.23. The molecule has 0 amide bonds. The number of benzene rings is 1. The summed E-state index contributed by atoms with van der Waals surface area (Å²) >= 11 is 1.99. The molecule has 118 valence electrons. The van der Waals surface area contributed by atoms with Crippen LogP contribution in [-0.2, 0) is 6.42 Å². The largest absolute Gasteiger partial charge is 0.370 e. The minimum Gasteiger partial charge on any atom is -0.370 e. The predicted octanol–water partition coefficient (Wildman–Crippen LogP) is 3.24. The molecule has 0 saturated carbocycles. The highest BCUT2D eigenvalue weighted by Gasteiger charge is 2.19. The van der Waals surface area contributed by atoms with Gasteiger partial charge in [-0.3, -0.25) is 4.99 Å². The van der Waals surface area contributed by atoms with Gasteiger partial charge in [-0.2, -0.15) is 11.8 Å². The zero-order valence-corrected chi connectivity index (χ0v) is 16.1. The van der Waals surface area contributed by atoms with Crippen molar-refractivity contribution in [3.05, 3.63) is 35.9 Å². The molecule has 1 aromatic rings. The van der Waals surface area contributed by atoms with Gasteiger partial charge in [0.05, 0.1) is 0 Å². The molecular formula is C16H26IN3S. The molecule has 0 radical (unpaired) electrons. The third-order valence-corrected chi connectivity index (χ3v) is 4.47. The van der Waals surface area contributed by atoms with Gasteiger partial charge in [-0.05, 0) is 17.4 Å². The van der Waals surface area contributed by atoms with Gasteiger partial charge >= 0.3 is 0 Å². The molecule has 3 nitrogen and oxygen atoms in total. The van der Waals surface area contributed by atoms with Crippen LogP contribution in [0.1, 0.15) is 19.4 Å². The van der Waals surface area contributed by atoms with Gasteiger partial charge in [-0.1, -0.05) is 44.2 Å². The molecule has 1 aromatic carbocycles. The van der Waals surface area contributed by atoms with Crippen LogP contribution >= 0.6 is 35.7 Å². The number of halogens is 1. The number of nitrogens with two attached hydrogens (primary N) is 1. The van der Waals surface area contributed by atoms with Crippen LogP contribution in [0.5, 0.6) is 0 Å². The molecule has 21 heavy (non-hydrogen) atoms. The van der Waals surface area contributed by atoms with Crippen molar-refractivity contribution in [2.75, 3.05) is 31.1 Å². The molecule has 0 unspecified atom stereocenters. The van der Waals surface area contributed by atoms with Crippen molar-refractivity contribution in [1.82, 2.24) is 4.90 Å². The molecule has 0 aromatic heterocycles. The van der Waals surface area contributed by atoms with Gasteiger partial charge < -0.3 is 10.6 Å². The van der Waals surface area contributed by atoms with Crippen LogP contribution in [0.15, 0.2) is 35.3 Å². The first-order valence-corrected chi connectivity index (χ1v) is 8.39. The third-order valence-electron chi connectivity index (χ3n) is 3.53. The number of nitrogens with zero attached hydrogens (tertiary/aromatic N) is 2. The van der Waals surface area contributed by atoms with E-state index in [4.69, 9.17) is 5.73 Å². The smallest absolute Gasteiger partial charge is 0.191 e. The lowest BCUT2D eigenvalue weighted by molar-refractivity contribution is 0.372. The Labute approximate surface area is 149 Å². The monoisotopic (exact) mass is 419 g/mol. The lowest BCUT2D eigenvalue weighted by Gasteiger charge is -2.29. The standard InChI is InChI=1S/C16H25N3S.HI/c1-16(2,12-14-6-4-3-5-7-14)13-18-15(17)19-8-10-20-11-9-19;/h3-7H,8-13H2,1-2H3,(H2,17,18);1H. The highest BCUT2D eigenvalue weighted by Crippen LogP contribution is 2.22. The third kappa shape index (κ3) is 6.46. The Morgan fingerprint density at radius 2 is 1.86 bits per heavy atom. The zero-order valence-electron chi connectivity index (χ0n) is 12.9. The van der Waals surface area contributed by atoms with Crippen LogP contribution in [0.25, 0.3) is 0 Å². The number of hydrogen-bond acceptors (Lipinski definition) is 2. The Balaban J connectivity index is 0.00000220. The molecule has 2 N–H and O–H groups in total. The minimum absolute atomic E-state index is 0. The van der Waals surface area contributed by atoms with E-state index < -0.39 is 0 Å². The van der Waals surface area contributed by atoms with Crippen LogP contribution in [0, 0.1) is 5.41 Å². The van der Waals surface area contributed by atoms with E-state index in [0.29, 0.717) is 5.96 Å².